The third-order valence-corrected chi connectivity index (χ3v) is 5.33. The van der Waals surface area contributed by atoms with E-state index in [1.807, 2.05) is 30.3 Å². The van der Waals surface area contributed by atoms with E-state index in [4.69, 9.17) is 38.4 Å². The lowest BCUT2D eigenvalue weighted by Crippen LogP contribution is -2.00. The number of H-pyrrole nitrogens is 1. The van der Waals surface area contributed by atoms with Gasteiger partial charge in [-0.05, 0) is 49.6 Å². The average Bonchev–Trinajstić information content (AvgIpc) is 3.03. The van der Waals surface area contributed by atoms with Crippen molar-refractivity contribution in [2.45, 2.75) is 19.3 Å². The quantitative estimate of drug-likeness (QED) is 0.526. The Morgan fingerprint density at radius 2 is 1.85 bits per heavy atom. The van der Waals surface area contributed by atoms with E-state index in [9.17, 15) is 0 Å². The van der Waals surface area contributed by atoms with Crippen molar-refractivity contribution in [3.63, 3.8) is 0 Å². The van der Waals surface area contributed by atoms with E-state index in [1.165, 1.54) is 5.56 Å². The number of nitrogens with two attached hydrogens (primary N) is 1. The molecule has 0 amide bonds. The van der Waals surface area contributed by atoms with Crippen LogP contribution in [-0.2, 0) is 6.42 Å². The van der Waals surface area contributed by atoms with Crippen LogP contribution in [0.15, 0.2) is 30.3 Å². The van der Waals surface area contributed by atoms with Crippen molar-refractivity contribution in [1.82, 2.24) is 4.98 Å². The molecule has 1 aromatic heterocycles. The molecule has 0 aliphatic rings. The second-order valence-electron chi connectivity index (χ2n) is 6.05. The predicted octanol–water partition coefficient (Wildman–Crippen LogP) is 5.44. The zero-order valence-electron chi connectivity index (χ0n) is 14.9. The lowest BCUT2D eigenvalue weighted by molar-refractivity contribution is 0.356. The van der Waals surface area contributed by atoms with Crippen molar-refractivity contribution >= 4 is 34.1 Å². The first-order valence-corrected chi connectivity index (χ1v) is 9.28. The molecule has 1 heterocycles. The molecule has 0 spiro atoms. The minimum Gasteiger partial charge on any atom is -0.493 e. The average molecular weight is 393 g/mol. The van der Waals surface area contributed by atoms with Gasteiger partial charge in [0, 0.05) is 10.9 Å². The number of rotatable bonds is 7. The van der Waals surface area contributed by atoms with Gasteiger partial charge in [0.05, 0.1) is 35.5 Å². The predicted molar refractivity (Wildman–Crippen MR) is 109 cm³/mol. The molecule has 3 aromatic rings. The minimum atomic E-state index is 0.525. The summed E-state index contributed by atoms with van der Waals surface area (Å²) in [7, 11) is 3.27. The molecule has 2 aromatic carbocycles. The fourth-order valence-electron chi connectivity index (χ4n) is 3.28. The molecule has 0 saturated carbocycles. The van der Waals surface area contributed by atoms with Crippen LogP contribution in [0.2, 0.25) is 10.0 Å². The van der Waals surface area contributed by atoms with Crippen LogP contribution in [0.25, 0.3) is 22.2 Å². The van der Waals surface area contributed by atoms with Crippen molar-refractivity contribution in [1.29, 1.82) is 0 Å². The number of para-hydroxylation sites is 1. The molecule has 0 aliphatic carbocycles. The van der Waals surface area contributed by atoms with E-state index in [-0.39, 0.29) is 0 Å². The van der Waals surface area contributed by atoms with Gasteiger partial charge in [-0.25, -0.2) is 0 Å². The highest BCUT2D eigenvalue weighted by atomic mass is 35.5. The molecule has 3 N–H and O–H groups in total. The zero-order chi connectivity index (χ0) is 18.7. The van der Waals surface area contributed by atoms with E-state index in [2.05, 4.69) is 4.98 Å². The summed E-state index contributed by atoms with van der Waals surface area (Å²) in [5, 5.41) is 2.12. The molecule has 26 heavy (non-hydrogen) atoms. The largest absolute Gasteiger partial charge is 0.493 e. The van der Waals surface area contributed by atoms with Crippen LogP contribution >= 0.6 is 23.2 Å². The van der Waals surface area contributed by atoms with E-state index >= 15 is 0 Å². The lowest BCUT2D eigenvalue weighted by atomic mass is 9.99. The normalized spacial score (nSPS) is 11.1. The Labute approximate surface area is 163 Å². The number of hydrogen-bond acceptors (Lipinski definition) is 3. The van der Waals surface area contributed by atoms with E-state index < -0.39 is 0 Å². The fourth-order valence-corrected chi connectivity index (χ4v) is 3.65. The van der Waals surface area contributed by atoms with Gasteiger partial charge in [0.1, 0.15) is 0 Å². The van der Waals surface area contributed by atoms with Gasteiger partial charge < -0.3 is 20.2 Å². The molecule has 138 valence electrons. The second-order valence-corrected chi connectivity index (χ2v) is 6.83. The van der Waals surface area contributed by atoms with Crippen LogP contribution in [0, 0.1) is 0 Å². The van der Waals surface area contributed by atoms with Crippen molar-refractivity contribution in [2.24, 2.45) is 5.73 Å². The summed E-state index contributed by atoms with van der Waals surface area (Å²) < 4.78 is 11.1. The molecule has 0 saturated heterocycles. The topological polar surface area (TPSA) is 60.3 Å². The Balaban J connectivity index is 2.25. The van der Waals surface area contributed by atoms with Crippen molar-refractivity contribution in [3.8, 4) is 22.8 Å². The Morgan fingerprint density at radius 1 is 1.04 bits per heavy atom. The number of aryl methyl sites for hydroxylation is 1. The molecule has 0 atom stereocenters. The van der Waals surface area contributed by atoms with Crippen LogP contribution in [0.3, 0.4) is 0 Å². The smallest absolute Gasteiger partial charge is 0.170 e. The molecular weight excluding hydrogens is 371 g/mol. The molecule has 6 heteroatoms. The first-order chi connectivity index (χ1) is 12.6. The minimum absolute atomic E-state index is 0.525. The highest BCUT2D eigenvalue weighted by Gasteiger charge is 2.20. The SMILES string of the molecule is COc1cccc(-c2[nH]c3c(Cl)c(Cl)ccc3c2CCCCN)c1OC. The van der Waals surface area contributed by atoms with Crippen LogP contribution in [0.1, 0.15) is 18.4 Å². The maximum absolute atomic E-state index is 6.45. The number of aromatic amines is 1. The van der Waals surface area contributed by atoms with Gasteiger partial charge >= 0.3 is 0 Å². The summed E-state index contributed by atoms with van der Waals surface area (Å²) >= 11 is 12.7. The number of benzene rings is 2. The maximum Gasteiger partial charge on any atom is 0.170 e. The summed E-state index contributed by atoms with van der Waals surface area (Å²) in [6.45, 7) is 0.673. The molecule has 4 nitrogen and oxygen atoms in total. The molecule has 0 radical (unpaired) electrons. The number of unbranched alkanes of at least 4 members (excludes halogenated alkanes) is 1. The third kappa shape index (κ3) is 3.37. The van der Waals surface area contributed by atoms with Crippen LogP contribution in [0.4, 0.5) is 0 Å². The van der Waals surface area contributed by atoms with Gasteiger partial charge in [-0.2, -0.15) is 0 Å². The van der Waals surface area contributed by atoms with Gasteiger partial charge in [0.2, 0.25) is 0 Å². The Kier molecular flexibility index (Phi) is 5.97. The highest BCUT2D eigenvalue weighted by Crippen LogP contribution is 2.43. The van der Waals surface area contributed by atoms with E-state index in [0.717, 1.165) is 41.4 Å². The Morgan fingerprint density at radius 3 is 2.54 bits per heavy atom. The number of nitrogens with one attached hydrogen (secondary N) is 1. The number of aromatic nitrogens is 1. The summed E-state index contributed by atoms with van der Waals surface area (Å²) in [5.74, 6) is 1.37. The number of halogens is 2. The van der Waals surface area contributed by atoms with Gasteiger partial charge in [0.15, 0.2) is 11.5 Å². The van der Waals surface area contributed by atoms with Crippen LogP contribution in [0.5, 0.6) is 11.5 Å². The Hall–Kier alpha value is -1.88. The van der Waals surface area contributed by atoms with Gasteiger partial charge in [0.25, 0.3) is 0 Å². The maximum atomic E-state index is 6.45. The summed E-state index contributed by atoms with van der Waals surface area (Å²) in [5.41, 5.74) is 9.59. The monoisotopic (exact) mass is 392 g/mol. The molecular formula is C20H22Cl2N2O2. The molecule has 0 bridgehead atoms. The molecule has 3 rings (SSSR count). The van der Waals surface area contributed by atoms with E-state index in [1.54, 1.807) is 14.2 Å². The molecule has 0 aliphatic heterocycles. The third-order valence-electron chi connectivity index (χ3n) is 4.52. The second kappa shape index (κ2) is 8.21. The van der Waals surface area contributed by atoms with Crippen LogP contribution in [-0.4, -0.2) is 25.7 Å². The highest BCUT2D eigenvalue weighted by molar-refractivity contribution is 6.45. The van der Waals surface area contributed by atoms with Gasteiger partial charge in [-0.3, -0.25) is 0 Å². The van der Waals surface area contributed by atoms with Crippen molar-refractivity contribution in [3.05, 3.63) is 45.9 Å². The zero-order valence-corrected chi connectivity index (χ0v) is 16.4. The first kappa shape index (κ1) is 18.9. The van der Waals surface area contributed by atoms with E-state index in [0.29, 0.717) is 28.1 Å². The van der Waals surface area contributed by atoms with Crippen LogP contribution < -0.4 is 15.2 Å². The lowest BCUT2D eigenvalue weighted by Gasteiger charge is -2.13. The number of ether oxygens (including phenoxy) is 2. The fraction of sp³-hybridized carbons (Fsp3) is 0.300. The van der Waals surface area contributed by atoms with Gasteiger partial charge in [-0.1, -0.05) is 35.3 Å². The standard InChI is InChI=1S/C20H22Cl2N2O2/c1-25-16-8-5-7-14(20(16)26-2)18-12(6-3-4-11-23)13-9-10-15(21)17(22)19(13)24-18/h5,7-10,24H,3-4,6,11,23H2,1-2H3. The summed E-state index contributed by atoms with van der Waals surface area (Å²) in [6, 6.07) is 9.67. The molecule has 0 unspecified atom stereocenters. The van der Waals surface area contributed by atoms with Crippen molar-refractivity contribution in [2.75, 3.05) is 20.8 Å². The first-order valence-electron chi connectivity index (χ1n) is 8.52. The number of hydrogen-bond donors (Lipinski definition) is 2. The summed E-state index contributed by atoms with van der Waals surface area (Å²) in [6.07, 6.45) is 2.83. The summed E-state index contributed by atoms with van der Waals surface area (Å²) in [4.78, 5) is 3.46. The Bertz CT molecular complexity index is 922. The number of fused-ring (bicyclic) bond motifs is 1. The number of methoxy groups -OCH3 is 2. The molecule has 0 fully saturated rings. The van der Waals surface area contributed by atoms with Gasteiger partial charge in [-0.15, -0.1) is 0 Å². The van der Waals surface area contributed by atoms with Crippen molar-refractivity contribution < 1.29 is 9.47 Å².